The number of benzene rings is 1. The van der Waals surface area contributed by atoms with Crippen LogP contribution in [0.15, 0.2) is 30.5 Å². The Hall–Kier alpha value is -2.87. The van der Waals surface area contributed by atoms with Gasteiger partial charge in [-0.1, -0.05) is 17.7 Å². The van der Waals surface area contributed by atoms with E-state index < -0.39 is 23.9 Å². The fourth-order valence-corrected chi connectivity index (χ4v) is 2.17. The first-order valence-electron chi connectivity index (χ1n) is 6.95. The molecule has 2 aromatic rings. The molecule has 24 heavy (non-hydrogen) atoms. The van der Waals surface area contributed by atoms with Gasteiger partial charge in [0.1, 0.15) is 0 Å². The average molecular weight is 351 g/mol. The van der Waals surface area contributed by atoms with E-state index in [1.54, 1.807) is 24.4 Å². The molecule has 0 spiro atoms. The Morgan fingerprint density at radius 2 is 2.12 bits per heavy atom. The zero-order valence-corrected chi connectivity index (χ0v) is 13.5. The van der Waals surface area contributed by atoms with Crippen LogP contribution in [-0.4, -0.2) is 34.1 Å². The van der Waals surface area contributed by atoms with Gasteiger partial charge in [-0.3, -0.25) is 14.7 Å². The van der Waals surface area contributed by atoms with Crippen LogP contribution in [0.5, 0.6) is 0 Å². The van der Waals surface area contributed by atoms with Crippen molar-refractivity contribution in [3.8, 4) is 0 Å². The molecule has 1 atom stereocenters. The number of nitrogens with zero attached hydrogens (tertiary/aromatic N) is 1. The number of hydrogen-bond acceptors (Lipinski definition) is 5. The Kier molecular flexibility index (Phi) is 5.54. The van der Waals surface area contributed by atoms with E-state index in [9.17, 15) is 14.4 Å². The van der Waals surface area contributed by atoms with Gasteiger partial charge in [0, 0.05) is 29.3 Å². The summed E-state index contributed by atoms with van der Waals surface area (Å²) in [5.74, 6) is -0.525. The largest absolute Gasteiger partial charge is 0.439 e. The molecule has 1 aromatic carbocycles. The van der Waals surface area contributed by atoms with E-state index >= 15 is 0 Å². The fourth-order valence-electron chi connectivity index (χ4n) is 2.00. The molecule has 2 rings (SSSR count). The number of anilines is 1. The minimum atomic E-state index is -1.04. The molecule has 4 N–H and O–H groups in total. The number of aromatic amines is 1. The van der Waals surface area contributed by atoms with Gasteiger partial charge in [-0.15, -0.1) is 0 Å². The molecule has 1 aromatic heterocycles. The number of carbonyl (C=O) groups is 3. The molecule has 0 aliphatic heterocycles. The maximum Gasteiger partial charge on any atom is 0.405 e. The summed E-state index contributed by atoms with van der Waals surface area (Å²) >= 11 is 5.94. The molecule has 0 radical (unpaired) electrons. The summed E-state index contributed by atoms with van der Waals surface area (Å²) in [5, 5.41) is 9.33. The lowest BCUT2D eigenvalue weighted by Crippen LogP contribution is -2.29. The third kappa shape index (κ3) is 4.56. The van der Waals surface area contributed by atoms with Crippen molar-refractivity contribution in [3.05, 3.63) is 46.6 Å². The topological polar surface area (TPSA) is 127 Å². The Balaban J connectivity index is 2.19. The van der Waals surface area contributed by atoms with Crippen LogP contribution in [0.25, 0.3) is 0 Å². The Morgan fingerprint density at radius 1 is 1.38 bits per heavy atom. The molecule has 0 aliphatic carbocycles. The number of rotatable bonds is 6. The van der Waals surface area contributed by atoms with Crippen LogP contribution in [0.1, 0.15) is 22.8 Å². The molecule has 0 bridgehead atoms. The third-order valence-electron chi connectivity index (χ3n) is 3.17. The maximum absolute atomic E-state index is 12.4. The lowest BCUT2D eigenvalue weighted by molar-refractivity contribution is -0.125. The van der Waals surface area contributed by atoms with E-state index in [4.69, 9.17) is 17.3 Å². The number of nitrogens with two attached hydrogens (primary N) is 1. The number of ether oxygens (including phenoxy) is 1. The highest BCUT2D eigenvalue weighted by Gasteiger charge is 2.20. The summed E-state index contributed by atoms with van der Waals surface area (Å²) in [6.07, 6.45) is -0.612. The molecular formula is C15H15ClN4O4. The molecular weight excluding hydrogens is 336 g/mol. The zero-order chi connectivity index (χ0) is 17.7. The standard InChI is InChI=1S/C15H15ClN4O4/c1-8(24-15(17)23)12(21)6-9-2-3-10(16)7-11(9)14(22)19-13-4-5-18-20-13/h2-5,7-8H,6H2,1H3,(H2,17,23)(H2,18,19,20,22)/t8-/m0/s1. The van der Waals surface area contributed by atoms with Crippen LogP contribution in [-0.2, 0) is 16.0 Å². The maximum atomic E-state index is 12.4. The lowest BCUT2D eigenvalue weighted by Gasteiger charge is -2.13. The van der Waals surface area contributed by atoms with E-state index in [-0.39, 0.29) is 12.0 Å². The monoisotopic (exact) mass is 350 g/mol. The van der Waals surface area contributed by atoms with Crippen LogP contribution < -0.4 is 11.1 Å². The second-order valence-electron chi connectivity index (χ2n) is 4.94. The predicted molar refractivity (Wildman–Crippen MR) is 86.8 cm³/mol. The number of amides is 2. The van der Waals surface area contributed by atoms with Gasteiger partial charge in [-0.05, 0) is 24.6 Å². The van der Waals surface area contributed by atoms with Gasteiger partial charge in [0.25, 0.3) is 5.91 Å². The van der Waals surface area contributed by atoms with Gasteiger partial charge < -0.3 is 15.8 Å². The number of halogens is 1. The van der Waals surface area contributed by atoms with Gasteiger partial charge in [-0.25, -0.2) is 4.79 Å². The van der Waals surface area contributed by atoms with Crippen molar-refractivity contribution < 1.29 is 19.1 Å². The summed E-state index contributed by atoms with van der Waals surface area (Å²) < 4.78 is 4.64. The average Bonchev–Trinajstić information content (AvgIpc) is 3.01. The first-order valence-corrected chi connectivity index (χ1v) is 7.33. The first-order chi connectivity index (χ1) is 11.4. The van der Waals surface area contributed by atoms with Crippen LogP contribution >= 0.6 is 11.6 Å². The van der Waals surface area contributed by atoms with Crippen LogP contribution in [0, 0.1) is 0 Å². The van der Waals surface area contributed by atoms with Crippen molar-refractivity contribution in [2.45, 2.75) is 19.4 Å². The minimum absolute atomic E-state index is 0.116. The van der Waals surface area contributed by atoms with Gasteiger partial charge in [0.15, 0.2) is 17.7 Å². The number of Topliss-reactive ketones (excluding diaryl/α,β-unsaturated/α-hetero) is 1. The second-order valence-corrected chi connectivity index (χ2v) is 5.37. The Labute approximate surface area is 142 Å². The molecule has 9 heteroatoms. The Morgan fingerprint density at radius 3 is 2.75 bits per heavy atom. The van der Waals surface area contributed by atoms with Crippen molar-refractivity contribution in [2.75, 3.05) is 5.32 Å². The number of primary amides is 1. The zero-order valence-electron chi connectivity index (χ0n) is 12.7. The smallest absolute Gasteiger partial charge is 0.405 e. The van der Waals surface area contributed by atoms with Crippen LogP contribution in [0.3, 0.4) is 0 Å². The summed E-state index contributed by atoms with van der Waals surface area (Å²) in [6.45, 7) is 1.41. The first kappa shape index (κ1) is 17.5. The van der Waals surface area contributed by atoms with Crippen LogP contribution in [0.2, 0.25) is 5.02 Å². The number of H-pyrrole nitrogens is 1. The van der Waals surface area contributed by atoms with Crippen molar-refractivity contribution in [1.29, 1.82) is 0 Å². The molecule has 0 unspecified atom stereocenters. The van der Waals surface area contributed by atoms with E-state index in [1.165, 1.54) is 13.0 Å². The molecule has 2 amide bonds. The van der Waals surface area contributed by atoms with E-state index in [0.717, 1.165) is 0 Å². The SMILES string of the molecule is C[C@H](OC(N)=O)C(=O)Cc1ccc(Cl)cc1C(=O)Nc1cc[nH]n1. The van der Waals surface area contributed by atoms with E-state index in [2.05, 4.69) is 20.3 Å². The van der Waals surface area contributed by atoms with Gasteiger partial charge in [0.2, 0.25) is 0 Å². The summed E-state index contributed by atoms with van der Waals surface area (Å²) in [6, 6.07) is 6.16. The predicted octanol–water partition coefficient (Wildman–Crippen LogP) is 1.91. The molecule has 0 saturated carbocycles. The highest BCUT2D eigenvalue weighted by Crippen LogP contribution is 2.19. The van der Waals surface area contributed by atoms with Crippen molar-refractivity contribution >= 4 is 35.2 Å². The van der Waals surface area contributed by atoms with Gasteiger partial charge in [-0.2, -0.15) is 5.10 Å². The second kappa shape index (κ2) is 7.60. The normalized spacial score (nSPS) is 11.6. The molecule has 126 valence electrons. The van der Waals surface area contributed by atoms with E-state index in [1.807, 2.05) is 0 Å². The molecule has 1 heterocycles. The quantitative estimate of drug-likeness (QED) is 0.733. The molecule has 0 saturated heterocycles. The Bertz CT molecular complexity index is 761. The third-order valence-corrected chi connectivity index (χ3v) is 3.41. The molecule has 0 fully saturated rings. The summed E-state index contributed by atoms with van der Waals surface area (Å²) in [4.78, 5) is 35.2. The minimum Gasteiger partial charge on any atom is -0.439 e. The number of aromatic nitrogens is 2. The van der Waals surface area contributed by atoms with Crippen LogP contribution in [0.4, 0.5) is 10.6 Å². The number of nitrogens with one attached hydrogen (secondary N) is 2. The number of carbonyl (C=O) groups excluding carboxylic acids is 3. The lowest BCUT2D eigenvalue weighted by atomic mass is 10.00. The molecule has 8 nitrogen and oxygen atoms in total. The highest BCUT2D eigenvalue weighted by atomic mass is 35.5. The van der Waals surface area contributed by atoms with Crippen molar-refractivity contribution in [2.24, 2.45) is 5.73 Å². The summed E-state index contributed by atoms with van der Waals surface area (Å²) in [7, 11) is 0. The highest BCUT2D eigenvalue weighted by molar-refractivity contribution is 6.31. The number of hydrogen-bond donors (Lipinski definition) is 3. The molecule has 0 aliphatic rings. The fraction of sp³-hybridized carbons (Fsp3) is 0.200. The van der Waals surface area contributed by atoms with E-state index in [0.29, 0.717) is 16.4 Å². The van der Waals surface area contributed by atoms with Gasteiger partial charge in [0.05, 0.1) is 0 Å². The van der Waals surface area contributed by atoms with Crippen molar-refractivity contribution in [1.82, 2.24) is 10.2 Å². The number of ketones is 1. The van der Waals surface area contributed by atoms with Gasteiger partial charge >= 0.3 is 6.09 Å². The summed E-state index contributed by atoms with van der Waals surface area (Å²) in [5.41, 5.74) is 5.56. The van der Waals surface area contributed by atoms with Crippen molar-refractivity contribution in [3.63, 3.8) is 0 Å².